The number of likely N-dealkylation sites (N-methyl/N-ethyl adjacent to an activating group) is 1. The summed E-state index contributed by atoms with van der Waals surface area (Å²) in [5.41, 5.74) is 2.76. The summed E-state index contributed by atoms with van der Waals surface area (Å²) in [5, 5.41) is 6.69. The van der Waals surface area contributed by atoms with E-state index in [2.05, 4.69) is 15.6 Å². The highest BCUT2D eigenvalue weighted by atomic mass is 16.2. The van der Waals surface area contributed by atoms with Crippen molar-refractivity contribution in [1.29, 1.82) is 0 Å². The molecule has 0 spiro atoms. The average Bonchev–Trinajstić information content (AvgIpc) is 2.51. The quantitative estimate of drug-likeness (QED) is 0.836. The van der Waals surface area contributed by atoms with Crippen LogP contribution in [0.2, 0.25) is 0 Å². The average molecular weight is 354 g/mol. The van der Waals surface area contributed by atoms with Crippen LogP contribution in [0.4, 0.5) is 5.69 Å². The number of aromatic nitrogens is 1. The van der Waals surface area contributed by atoms with Gasteiger partial charge in [0.25, 0.3) is 5.91 Å². The van der Waals surface area contributed by atoms with Crippen molar-refractivity contribution < 1.29 is 9.59 Å². The Labute approximate surface area is 154 Å². The van der Waals surface area contributed by atoms with Gasteiger partial charge in [0.1, 0.15) is 0 Å². The van der Waals surface area contributed by atoms with Crippen LogP contribution < -0.4 is 10.6 Å². The standard InChI is InChI=1S/C20H26N4O2/c1-13-7-8-16-17(20(26)21-9-10-24(2)3)11-15(12-18(16)22-13)23-19(25)14-5-4-6-14/h7-8,11-12,14H,4-6,9-10H2,1-3H3,(H,21,26)(H,23,25). The van der Waals surface area contributed by atoms with Crippen molar-refractivity contribution in [3.05, 3.63) is 35.5 Å². The van der Waals surface area contributed by atoms with Gasteiger partial charge in [0.2, 0.25) is 5.91 Å². The Bertz CT molecular complexity index is 828. The first-order valence-electron chi connectivity index (χ1n) is 9.09. The first-order chi connectivity index (χ1) is 12.4. The van der Waals surface area contributed by atoms with Crippen LogP contribution in [-0.4, -0.2) is 48.9 Å². The number of aryl methyl sites for hydroxylation is 1. The number of amides is 2. The lowest BCUT2D eigenvalue weighted by molar-refractivity contribution is -0.122. The second-order valence-electron chi connectivity index (χ2n) is 7.22. The van der Waals surface area contributed by atoms with E-state index in [0.717, 1.165) is 36.9 Å². The van der Waals surface area contributed by atoms with Gasteiger partial charge >= 0.3 is 0 Å². The highest BCUT2D eigenvalue weighted by Gasteiger charge is 2.25. The molecule has 1 aliphatic carbocycles. The molecule has 0 atom stereocenters. The Balaban J connectivity index is 1.88. The predicted octanol–water partition coefficient (Wildman–Crippen LogP) is 2.57. The van der Waals surface area contributed by atoms with Crippen LogP contribution in [0.15, 0.2) is 24.3 Å². The van der Waals surface area contributed by atoms with Crippen molar-refractivity contribution in [2.24, 2.45) is 5.92 Å². The minimum Gasteiger partial charge on any atom is -0.351 e. The van der Waals surface area contributed by atoms with Crippen LogP contribution in [0.1, 0.15) is 35.3 Å². The zero-order valence-electron chi connectivity index (χ0n) is 15.6. The number of fused-ring (bicyclic) bond motifs is 1. The fourth-order valence-electron chi connectivity index (χ4n) is 3.00. The Hall–Kier alpha value is -2.47. The second kappa shape index (κ2) is 7.83. The smallest absolute Gasteiger partial charge is 0.252 e. The molecule has 1 aromatic carbocycles. The maximum atomic E-state index is 12.7. The molecular formula is C20H26N4O2. The fraction of sp³-hybridized carbons (Fsp3) is 0.450. The summed E-state index contributed by atoms with van der Waals surface area (Å²) in [6.45, 7) is 3.24. The van der Waals surface area contributed by atoms with Crippen LogP contribution >= 0.6 is 0 Å². The zero-order chi connectivity index (χ0) is 18.7. The first kappa shape index (κ1) is 18.3. The van der Waals surface area contributed by atoms with Crippen molar-refractivity contribution >= 4 is 28.4 Å². The summed E-state index contributed by atoms with van der Waals surface area (Å²) >= 11 is 0. The SMILES string of the molecule is Cc1ccc2c(C(=O)NCCN(C)C)cc(NC(=O)C3CCC3)cc2n1. The van der Waals surface area contributed by atoms with Crippen LogP contribution in [0.5, 0.6) is 0 Å². The molecule has 1 saturated carbocycles. The van der Waals surface area contributed by atoms with E-state index in [1.807, 2.05) is 44.1 Å². The third-order valence-electron chi connectivity index (χ3n) is 4.78. The van der Waals surface area contributed by atoms with Gasteiger partial charge in [-0.25, -0.2) is 0 Å². The molecule has 6 heteroatoms. The Morgan fingerprint density at radius 1 is 1.23 bits per heavy atom. The van der Waals surface area contributed by atoms with E-state index >= 15 is 0 Å². The minimum absolute atomic E-state index is 0.0298. The molecule has 1 fully saturated rings. The molecule has 0 radical (unpaired) electrons. The zero-order valence-corrected chi connectivity index (χ0v) is 15.6. The Kier molecular flexibility index (Phi) is 5.52. The largest absolute Gasteiger partial charge is 0.351 e. The number of carbonyl (C=O) groups is 2. The molecule has 1 heterocycles. The molecule has 3 rings (SSSR count). The number of anilines is 1. The Morgan fingerprint density at radius 3 is 2.65 bits per heavy atom. The summed E-state index contributed by atoms with van der Waals surface area (Å²) in [6, 6.07) is 7.40. The molecule has 138 valence electrons. The van der Waals surface area contributed by atoms with Gasteiger partial charge in [-0.15, -0.1) is 0 Å². The van der Waals surface area contributed by atoms with Gasteiger partial charge in [-0.1, -0.05) is 12.5 Å². The van der Waals surface area contributed by atoms with Gasteiger partial charge in [0, 0.05) is 35.8 Å². The molecule has 0 aliphatic heterocycles. The van der Waals surface area contributed by atoms with Crippen LogP contribution in [-0.2, 0) is 4.79 Å². The number of hydrogen-bond donors (Lipinski definition) is 2. The van der Waals surface area contributed by atoms with E-state index in [-0.39, 0.29) is 17.7 Å². The van der Waals surface area contributed by atoms with Crippen molar-refractivity contribution in [3.8, 4) is 0 Å². The molecule has 0 unspecified atom stereocenters. The molecule has 2 amide bonds. The summed E-state index contributed by atoms with van der Waals surface area (Å²) in [7, 11) is 3.93. The maximum absolute atomic E-state index is 12.7. The lowest BCUT2D eigenvalue weighted by atomic mass is 9.85. The molecule has 0 saturated heterocycles. The number of carbonyl (C=O) groups excluding carboxylic acids is 2. The van der Waals surface area contributed by atoms with Gasteiger partial charge in [0.15, 0.2) is 0 Å². The van der Waals surface area contributed by atoms with Crippen molar-refractivity contribution in [2.45, 2.75) is 26.2 Å². The van der Waals surface area contributed by atoms with Crippen LogP contribution in [0.3, 0.4) is 0 Å². The predicted molar refractivity (Wildman–Crippen MR) is 103 cm³/mol. The van der Waals surface area contributed by atoms with E-state index in [4.69, 9.17) is 0 Å². The molecule has 2 aromatic rings. The summed E-state index contributed by atoms with van der Waals surface area (Å²) < 4.78 is 0. The summed E-state index contributed by atoms with van der Waals surface area (Å²) in [5.74, 6) is -0.0296. The number of nitrogens with one attached hydrogen (secondary N) is 2. The van der Waals surface area contributed by atoms with E-state index in [0.29, 0.717) is 23.3 Å². The molecular weight excluding hydrogens is 328 g/mol. The maximum Gasteiger partial charge on any atom is 0.252 e. The van der Waals surface area contributed by atoms with E-state index < -0.39 is 0 Å². The van der Waals surface area contributed by atoms with E-state index in [9.17, 15) is 9.59 Å². The number of pyridine rings is 1. The third kappa shape index (κ3) is 4.19. The Morgan fingerprint density at radius 2 is 2.00 bits per heavy atom. The highest BCUT2D eigenvalue weighted by Crippen LogP contribution is 2.29. The molecule has 0 bridgehead atoms. The number of rotatable bonds is 6. The van der Waals surface area contributed by atoms with Gasteiger partial charge in [-0.05, 0) is 52.1 Å². The van der Waals surface area contributed by atoms with Gasteiger partial charge in [-0.2, -0.15) is 0 Å². The number of nitrogens with zero attached hydrogens (tertiary/aromatic N) is 2. The third-order valence-corrected chi connectivity index (χ3v) is 4.78. The van der Waals surface area contributed by atoms with Crippen LogP contribution in [0, 0.1) is 12.8 Å². The number of benzene rings is 1. The van der Waals surface area contributed by atoms with Gasteiger partial charge < -0.3 is 15.5 Å². The van der Waals surface area contributed by atoms with Gasteiger partial charge in [-0.3, -0.25) is 14.6 Å². The number of hydrogen-bond acceptors (Lipinski definition) is 4. The molecule has 1 aliphatic rings. The van der Waals surface area contributed by atoms with Crippen molar-refractivity contribution in [2.75, 3.05) is 32.5 Å². The highest BCUT2D eigenvalue weighted by molar-refractivity contribution is 6.08. The minimum atomic E-state index is -0.151. The van der Waals surface area contributed by atoms with Crippen molar-refractivity contribution in [1.82, 2.24) is 15.2 Å². The molecule has 6 nitrogen and oxygen atoms in total. The summed E-state index contributed by atoms with van der Waals surface area (Å²) in [6.07, 6.45) is 2.99. The summed E-state index contributed by atoms with van der Waals surface area (Å²) in [4.78, 5) is 31.5. The molecule has 26 heavy (non-hydrogen) atoms. The van der Waals surface area contributed by atoms with Gasteiger partial charge in [0.05, 0.1) is 11.1 Å². The molecule has 1 aromatic heterocycles. The fourth-order valence-corrected chi connectivity index (χ4v) is 3.00. The van der Waals surface area contributed by atoms with E-state index in [1.165, 1.54) is 0 Å². The second-order valence-corrected chi connectivity index (χ2v) is 7.22. The topological polar surface area (TPSA) is 74.3 Å². The van der Waals surface area contributed by atoms with E-state index in [1.54, 1.807) is 6.07 Å². The van der Waals surface area contributed by atoms with Crippen molar-refractivity contribution in [3.63, 3.8) is 0 Å². The normalized spacial score (nSPS) is 14.3. The van der Waals surface area contributed by atoms with Crippen LogP contribution in [0.25, 0.3) is 10.9 Å². The monoisotopic (exact) mass is 354 g/mol. The lowest BCUT2D eigenvalue weighted by Crippen LogP contribution is -2.31. The lowest BCUT2D eigenvalue weighted by Gasteiger charge is -2.24. The molecule has 2 N–H and O–H groups in total. The first-order valence-corrected chi connectivity index (χ1v) is 9.09.